The van der Waals surface area contributed by atoms with Crippen molar-refractivity contribution < 1.29 is 4.79 Å². The molecule has 0 saturated heterocycles. The van der Waals surface area contributed by atoms with Crippen LogP contribution in [0.1, 0.15) is 11.3 Å². The predicted molar refractivity (Wildman–Crippen MR) is 76.2 cm³/mol. The number of rotatable bonds is 3. The molecule has 4 nitrogen and oxygen atoms in total. The molecule has 1 atom stereocenters. The zero-order chi connectivity index (χ0) is 13.2. The zero-order valence-electron chi connectivity index (χ0n) is 10.7. The van der Waals surface area contributed by atoms with E-state index in [0.717, 1.165) is 12.8 Å². The molecule has 0 radical (unpaired) electrons. The molecule has 1 unspecified atom stereocenters. The van der Waals surface area contributed by atoms with E-state index in [1.165, 1.54) is 22.2 Å². The second-order valence-corrected chi connectivity index (χ2v) is 4.88. The van der Waals surface area contributed by atoms with E-state index in [1.54, 1.807) is 6.08 Å². The van der Waals surface area contributed by atoms with Crippen LogP contribution in [0, 0.1) is 0 Å². The van der Waals surface area contributed by atoms with Crippen molar-refractivity contribution in [3.63, 3.8) is 0 Å². The lowest BCUT2D eigenvalue weighted by molar-refractivity contribution is 0.238. The molecule has 0 spiro atoms. The monoisotopic (exact) mass is 255 g/mol. The summed E-state index contributed by atoms with van der Waals surface area (Å²) < 4.78 is 0. The van der Waals surface area contributed by atoms with Crippen LogP contribution in [0.15, 0.2) is 36.9 Å². The van der Waals surface area contributed by atoms with Crippen LogP contribution < -0.4 is 10.6 Å². The summed E-state index contributed by atoms with van der Waals surface area (Å²) in [6.45, 7) is 4.07. The van der Waals surface area contributed by atoms with Gasteiger partial charge in [0.15, 0.2) is 0 Å². The highest BCUT2D eigenvalue weighted by atomic mass is 16.2. The van der Waals surface area contributed by atoms with Crippen LogP contribution in [-0.4, -0.2) is 23.6 Å². The Hall–Kier alpha value is -2.23. The lowest BCUT2D eigenvalue weighted by Crippen LogP contribution is -2.42. The normalized spacial score (nSPS) is 17.2. The summed E-state index contributed by atoms with van der Waals surface area (Å²) in [5, 5.41) is 7.00. The SMILES string of the molecule is C=CCNC(=O)NC1Cc2[nH]c3ccccc3c2C1. The molecule has 3 N–H and O–H groups in total. The quantitative estimate of drug-likeness (QED) is 0.723. The van der Waals surface area contributed by atoms with Crippen LogP contribution in [0.3, 0.4) is 0 Å². The van der Waals surface area contributed by atoms with Gasteiger partial charge in [0.25, 0.3) is 0 Å². The van der Waals surface area contributed by atoms with Crippen molar-refractivity contribution in [3.8, 4) is 0 Å². The number of amides is 2. The van der Waals surface area contributed by atoms with E-state index in [4.69, 9.17) is 0 Å². The lowest BCUT2D eigenvalue weighted by Gasteiger charge is -2.12. The second-order valence-electron chi connectivity index (χ2n) is 4.88. The van der Waals surface area contributed by atoms with Crippen molar-refractivity contribution >= 4 is 16.9 Å². The highest BCUT2D eigenvalue weighted by Crippen LogP contribution is 2.29. The van der Waals surface area contributed by atoms with E-state index in [0.29, 0.717) is 6.54 Å². The molecule has 0 aliphatic heterocycles. The summed E-state index contributed by atoms with van der Waals surface area (Å²) >= 11 is 0. The van der Waals surface area contributed by atoms with E-state index in [1.807, 2.05) is 12.1 Å². The average Bonchev–Trinajstić information content (AvgIpc) is 2.93. The summed E-state index contributed by atoms with van der Waals surface area (Å²) in [5.41, 5.74) is 3.77. The van der Waals surface area contributed by atoms with Crippen molar-refractivity contribution in [1.29, 1.82) is 0 Å². The minimum Gasteiger partial charge on any atom is -0.358 e. The number of hydrogen-bond acceptors (Lipinski definition) is 1. The molecule has 1 aliphatic carbocycles. The Kier molecular flexibility index (Phi) is 2.99. The highest BCUT2D eigenvalue weighted by Gasteiger charge is 2.26. The standard InChI is InChI=1S/C15H17N3O/c1-2-7-16-15(19)17-10-8-12-11-5-3-4-6-13(11)18-14(12)9-10/h2-6,10,18H,1,7-9H2,(H2,16,17,19). The number of hydrogen-bond donors (Lipinski definition) is 3. The second kappa shape index (κ2) is 4.80. The fourth-order valence-electron chi connectivity index (χ4n) is 2.73. The predicted octanol–water partition coefficient (Wildman–Crippen LogP) is 2.12. The van der Waals surface area contributed by atoms with Crippen LogP contribution in [0.4, 0.5) is 4.79 Å². The smallest absolute Gasteiger partial charge is 0.315 e. The molecule has 2 aromatic rings. The van der Waals surface area contributed by atoms with Gasteiger partial charge in [-0.1, -0.05) is 24.3 Å². The summed E-state index contributed by atoms with van der Waals surface area (Å²) in [7, 11) is 0. The number of nitrogens with one attached hydrogen (secondary N) is 3. The Bertz CT molecular complexity index is 629. The largest absolute Gasteiger partial charge is 0.358 e. The van der Waals surface area contributed by atoms with E-state index in [2.05, 4.69) is 34.3 Å². The first-order chi connectivity index (χ1) is 9.28. The van der Waals surface area contributed by atoms with Gasteiger partial charge in [0.1, 0.15) is 0 Å². The molecule has 3 rings (SSSR count). The number of benzene rings is 1. The molecule has 98 valence electrons. The van der Waals surface area contributed by atoms with Crippen LogP contribution in [-0.2, 0) is 12.8 Å². The Morgan fingerprint density at radius 1 is 1.42 bits per heavy atom. The molecule has 2 amide bonds. The maximum absolute atomic E-state index is 11.6. The summed E-state index contributed by atoms with van der Waals surface area (Å²) in [4.78, 5) is 15.0. The molecule has 0 saturated carbocycles. The van der Waals surface area contributed by atoms with Crippen LogP contribution in [0.25, 0.3) is 10.9 Å². The number of H-pyrrole nitrogens is 1. The first-order valence-electron chi connectivity index (χ1n) is 6.51. The maximum Gasteiger partial charge on any atom is 0.315 e. The maximum atomic E-state index is 11.6. The van der Waals surface area contributed by atoms with Gasteiger partial charge in [0, 0.05) is 35.6 Å². The molecular weight excluding hydrogens is 238 g/mol. The third kappa shape index (κ3) is 2.21. The van der Waals surface area contributed by atoms with Gasteiger partial charge in [-0.05, 0) is 18.1 Å². The fourth-order valence-corrected chi connectivity index (χ4v) is 2.73. The van der Waals surface area contributed by atoms with E-state index in [-0.39, 0.29) is 12.1 Å². The van der Waals surface area contributed by atoms with Gasteiger partial charge in [0.05, 0.1) is 0 Å². The topological polar surface area (TPSA) is 56.9 Å². The molecule has 0 bridgehead atoms. The number of aromatic nitrogens is 1. The van der Waals surface area contributed by atoms with Crippen molar-refractivity contribution in [2.45, 2.75) is 18.9 Å². The van der Waals surface area contributed by atoms with Crippen LogP contribution >= 0.6 is 0 Å². The van der Waals surface area contributed by atoms with E-state index in [9.17, 15) is 4.79 Å². The number of carbonyl (C=O) groups is 1. The first-order valence-corrected chi connectivity index (χ1v) is 6.51. The molecular formula is C15H17N3O. The van der Waals surface area contributed by atoms with Gasteiger partial charge >= 0.3 is 6.03 Å². The van der Waals surface area contributed by atoms with Crippen molar-refractivity contribution in [3.05, 3.63) is 48.2 Å². The zero-order valence-corrected chi connectivity index (χ0v) is 10.7. The number of para-hydroxylation sites is 1. The van der Waals surface area contributed by atoms with Gasteiger partial charge in [-0.15, -0.1) is 6.58 Å². The van der Waals surface area contributed by atoms with E-state index < -0.39 is 0 Å². The first kappa shape index (κ1) is 11.8. The van der Waals surface area contributed by atoms with Crippen LogP contribution in [0.2, 0.25) is 0 Å². The third-order valence-corrected chi connectivity index (χ3v) is 3.55. The Balaban J connectivity index is 1.71. The van der Waals surface area contributed by atoms with Gasteiger partial charge in [-0.3, -0.25) is 0 Å². The van der Waals surface area contributed by atoms with Gasteiger partial charge in [-0.25, -0.2) is 4.79 Å². The number of carbonyl (C=O) groups excluding carboxylic acids is 1. The minimum atomic E-state index is -0.126. The number of fused-ring (bicyclic) bond motifs is 3. The molecule has 19 heavy (non-hydrogen) atoms. The van der Waals surface area contributed by atoms with Gasteiger partial charge < -0.3 is 15.6 Å². The molecule has 4 heteroatoms. The van der Waals surface area contributed by atoms with E-state index >= 15 is 0 Å². The van der Waals surface area contributed by atoms with Crippen molar-refractivity contribution in [2.24, 2.45) is 0 Å². The number of urea groups is 1. The van der Waals surface area contributed by atoms with Crippen molar-refractivity contribution in [2.75, 3.05) is 6.54 Å². The van der Waals surface area contributed by atoms with Crippen molar-refractivity contribution in [1.82, 2.24) is 15.6 Å². The average molecular weight is 255 g/mol. The lowest BCUT2D eigenvalue weighted by atomic mass is 10.1. The number of aromatic amines is 1. The highest BCUT2D eigenvalue weighted by molar-refractivity contribution is 5.85. The fraction of sp³-hybridized carbons (Fsp3) is 0.267. The van der Waals surface area contributed by atoms with Gasteiger partial charge in [-0.2, -0.15) is 0 Å². The Morgan fingerprint density at radius 2 is 2.26 bits per heavy atom. The Morgan fingerprint density at radius 3 is 3.11 bits per heavy atom. The molecule has 1 aliphatic rings. The molecule has 1 heterocycles. The Labute approximate surface area is 111 Å². The third-order valence-electron chi connectivity index (χ3n) is 3.55. The minimum absolute atomic E-state index is 0.126. The summed E-state index contributed by atoms with van der Waals surface area (Å²) in [6, 6.07) is 8.35. The summed E-state index contributed by atoms with van der Waals surface area (Å²) in [6.07, 6.45) is 3.43. The summed E-state index contributed by atoms with van der Waals surface area (Å²) in [5.74, 6) is 0. The van der Waals surface area contributed by atoms with Crippen LogP contribution in [0.5, 0.6) is 0 Å². The molecule has 1 aromatic heterocycles. The van der Waals surface area contributed by atoms with Gasteiger partial charge in [0.2, 0.25) is 0 Å². The molecule has 1 aromatic carbocycles. The molecule has 0 fully saturated rings.